The van der Waals surface area contributed by atoms with Crippen molar-refractivity contribution in [2.24, 2.45) is 44.8 Å². The lowest BCUT2D eigenvalue weighted by molar-refractivity contribution is 0.215. The normalized spacial score (nSPS) is 13.1. The number of fused-ring (bicyclic) bond motifs is 2. The topological polar surface area (TPSA) is 153 Å². The zero-order valence-electron chi connectivity index (χ0n) is 40.1. The Labute approximate surface area is 426 Å². The third kappa shape index (κ3) is 8.91. The van der Waals surface area contributed by atoms with Gasteiger partial charge in [0.05, 0.1) is 53.7 Å². The van der Waals surface area contributed by atoms with Crippen LogP contribution in [0.4, 0.5) is 0 Å². The van der Waals surface area contributed by atoms with Gasteiger partial charge in [-0.3, -0.25) is 9.59 Å². The Balaban J connectivity index is 0.000000178. The number of aromatic nitrogens is 6. The van der Waals surface area contributed by atoms with Gasteiger partial charge in [0.1, 0.15) is 18.2 Å². The Kier molecular flexibility index (Phi) is 13.4. The van der Waals surface area contributed by atoms with Crippen molar-refractivity contribution >= 4 is 51.2 Å². The summed E-state index contributed by atoms with van der Waals surface area (Å²) >= 11 is 12.4. The molecule has 4 N–H and O–H groups in total. The van der Waals surface area contributed by atoms with Gasteiger partial charge in [-0.25, -0.2) is 9.97 Å². The van der Waals surface area contributed by atoms with Gasteiger partial charge in [0.25, 0.3) is 11.1 Å². The monoisotopic (exact) mass is 989 g/mol. The van der Waals surface area contributed by atoms with Gasteiger partial charge in [-0.1, -0.05) is 101 Å². The lowest BCUT2D eigenvalue weighted by Gasteiger charge is -2.31. The van der Waals surface area contributed by atoms with Crippen LogP contribution in [0.3, 0.4) is 0 Å². The summed E-state index contributed by atoms with van der Waals surface area (Å²) in [6, 6.07) is 45.7. The molecular weight excluding hydrogens is 942 g/mol. The summed E-state index contributed by atoms with van der Waals surface area (Å²) in [5.74, 6) is 2.67. The molecule has 0 radical (unpaired) electrons. The van der Waals surface area contributed by atoms with Crippen molar-refractivity contribution in [2.45, 2.75) is 11.1 Å². The van der Waals surface area contributed by atoms with Crippen LogP contribution in [0.15, 0.2) is 185 Å². The van der Waals surface area contributed by atoms with Crippen molar-refractivity contribution in [3.63, 3.8) is 0 Å². The molecular formula is C58H49Cl2N9O3. The highest BCUT2D eigenvalue weighted by molar-refractivity contribution is 6.30. The van der Waals surface area contributed by atoms with Gasteiger partial charge < -0.3 is 34.6 Å². The summed E-state index contributed by atoms with van der Waals surface area (Å²) in [4.78, 5) is 39.2. The fraction of sp³-hybridized carbons (Fsp3) is 0.121. The van der Waals surface area contributed by atoms with Crippen LogP contribution in [0.5, 0.6) is 0 Å². The van der Waals surface area contributed by atoms with Crippen molar-refractivity contribution < 1.29 is 4.84 Å². The second-order valence-electron chi connectivity index (χ2n) is 17.6. The molecule has 2 atom stereocenters. The van der Waals surface area contributed by atoms with E-state index in [-0.39, 0.29) is 11.1 Å². The minimum absolute atomic E-state index is 0.102. The summed E-state index contributed by atoms with van der Waals surface area (Å²) in [6.07, 6.45) is 14.3. The maximum absolute atomic E-state index is 12.9. The van der Waals surface area contributed by atoms with Crippen LogP contribution in [0.2, 0.25) is 10.0 Å². The predicted molar refractivity (Wildman–Crippen MR) is 289 cm³/mol. The molecule has 0 aliphatic carbocycles. The molecule has 358 valence electrons. The highest BCUT2D eigenvalue weighted by Gasteiger charge is 2.36. The van der Waals surface area contributed by atoms with Gasteiger partial charge in [-0.05, 0) is 117 Å². The molecule has 0 aliphatic heterocycles. The lowest BCUT2D eigenvalue weighted by atomic mass is 9.80. The van der Waals surface area contributed by atoms with E-state index in [1.807, 2.05) is 151 Å². The average Bonchev–Trinajstić information content (AvgIpc) is 4.05. The third-order valence-electron chi connectivity index (χ3n) is 13.3. The summed E-state index contributed by atoms with van der Waals surface area (Å²) in [7, 11) is 8.87. The summed E-state index contributed by atoms with van der Waals surface area (Å²) in [5, 5.41) is 6.92. The van der Waals surface area contributed by atoms with E-state index in [1.54, 1.807) is 66.6 Å². The summed E-state index contributed by atoms with van der Waals surface area (Å²) in [5.41, 5.74) is 23.9. The molecule has 6 aromatic carbocycles. The number of nitrogens with two attached hydrogens (primary N) is 2. The number of terminal acetylenes is 1. The van der Waals surface area contributed by atoms with Gasteiger partial charge >= 0.3 is 0 Å². The zero-order chi connectivity index (χ0) is 50.9. The SMILES string of the molecule is C#Cc1cccc(-c2cc(=O)n(C)c3ccc(C(N)(c4ccc(Cl)cc4)c4cncn4C)cc23)c1.CO/N=C/c1cccc(-c2cc(=O)n(C)c3ccc(C(N)(c4ccc(Cl)cc4)c4cncn4C)cc23)c1. The number of rotatable bonds is 10. The largest absolute Gasteiger partial charge is 0.399 e. The van der Waals surface area contributed by atoms with Gasteiger partial charge in [-0.2, -0.15) is 0 Å². The molecule has 72 heavy (non-hydrogen) atoms. The molecule has 0 spiro atoms. The molecule has 12 nitrogen and oxygen atoms in total. The second kappa shape index (κ2) is 19.8. The molecule has 0 saturated heterocycles. The average molecular weight is 991 g/mol. The van der Waals surface area contributed by atoms with E-state index in [2.05, 4.69) is 27.1 Å². The fourth-order valence-corrected chi connectivity index (χ4v) is 9.64. The Bertz CT molecular complexity index is 3870. The van der Waals surface area contributed by atoms with Crippen molar-refractivity contribution in [2.75, 3.05) is 7.11 Å². The van der Waals surface area contributed by atoms with Crippen LogP contribution in [0.25, 0.3) is 44.1 Å². The highest BCUT2D eigenvalue weighted by Crippen LogP contribution is 2.40. The Morgan fingerprint density at radius 1 is 0.597 bits per heavy atom. The smallest absolute Gasteiger partial charge is 0.251 e. The van der Waals surface area contributed by atoms with Crippen LogP contribution < -0.4 is 22.6 Å². The Morgan fingerprint density at radius 3 is 1.47 bits per heavy atom. The number of halogens is 2. The fourth-order valence-electron chi connectivity index (χ4n) is 9.39. The first-order valence-corrected chi connectivity index (χ1v) is 23.5. The summed E-state index contributed by atoms with van der Waals surface area (Å²) in [6.45, 7) is 0. The van der Waals surface area contributed by atoms with Crippen LogP contribution in [0.1, 0.15) is 44.8 Å². The molecule has 0 amide bonds. The molecule has 14 heteroatoms. The predicted octanol–water partition coefficient (Wildman–Crippen LogP) is 9.65. The molecule has 4 heterocycles. The lowest BCUT2D eigenvalue weighted by Crippen LogP contribution is -2.41. The van der Waals surface area contributed by atoms with Gasteiger partial charge in [-0.15, -0.1) is 6.42 Å². The first-order chi connectivity index (χ1) is 34.6. The standard InChI is InChI=1S/C29H26ClN5O2.C29H23ClN4O/c1-34-18-32-17-27(34)29(31,21-7-10-23(30)11-8-21)22-9-12-26-25(14-22)24(15-28(36)35(26)2)20-6-4-5-19(13-20)16-33-37-3;1-4-19-6-5-7-20(14-19)24-16-28(35)34(3)26-13-10-22(15-25(24)26)29(31,27-17-32-18-33(27)2)21-8-11-23(30)12-9-21/h4-18H,31H2,1-3H3;1,5-18H,31H2,2-3H3/b33-16+;. The Hall–Kier alpha value is -8.31. The van der Waals surface area contributed by atoms with E-state index < -0.39 is 11.1 Å². The zero-order valence-corrected chi connectivity index (χ0v) is 41.6. The number of imidazole rings is 2. The molecule has 0 aliphatic rings. The number of benzene rings is 6. The van der Waals surface area contributed by atoms with Crippen molar-refractivity contribution in [1.29, 1.82) is 0 Å². The third-order valence-corrected chi connectivity index (χ3v) is 13.8. The van der Waals surface area contributed by atoms with Crippen molar-refractivity contribution in [3.8, 4) is 34.6 Å². The van der Waals surface area contributed by atoms with Gasteiger partial charge in [0.2, 0.25) is 0 Å². The molecule has 2 unspecified atom stereocenters. The quantitative estimate of drug-likeness (QED) is 0.0786. The van der Waals surface area contributed by atoms with Crippen LogP contribution in [-0.2, 0) is 44.1 Å². The maximum Gasteiger partial charge on any atom is 0.251 e. The van der Waals surface area contributed by atoms with E-state index in [0.29, 0.717) is 10.0 Å². The van der Waals surface area contributed by atoms with E-state index >= 15 is 0 Å². The van der Waals surface area contributed by atoms with E-state index in [9.17, 15) is 9.59 Å². The van der Waals surface area contributed by atoms with Crippen LogP contribution in [-0.4, -0.2) is 41.6 Å². The molecule has 0 bridgehead atoms. The number of oxime groups is 1. The first kappa shape index (κ1) is 48.7. The number of hydrogen-bond acceptors (Lipinski definition) is 8. The molecule has 10 aromatic rings. The van der Waals surface area contributed by atoms with E-state index in [1.165, 1.54) is 7.11 Å². The minimum atomic E-state index is -1.02. The summed E-state index contributed by atoms with van der Waals surface area (Å²) < 4.78 is 7.11. The van der Waals surface area contributed by atoms with Crippen molar-refractivity contribution in [1.82, 2.24) is 28.2 Å². The first-order valence-electron chi connectivity index (χ1n) is 22.7. The maximum atomic E-state index is 12.9. The molecule has 10 rings (SSSR count). The molecule has 4 aromatic heterocycles. The van der Waals surface area contributed by atoms with Gasteiger partial charge in [0, 0.05) is 66.7 Å². The van der Waals surface area contributed by atoms with Crippen LogP contribution >= 0.6 is 23.2 Å². The number of pyridine rings is 2. The second-order valence-corrected chi connectivity index (χ2v) is 18.4. The van der Waals surface area contributed by atoms with E-state index in [4.69, 9.17) is 45.9 Å². The minimum Gasteiger partial charge on any atom is -0.399 e. The number of nitrogens with zero attached hydrogens (tertiary/aromatic N) is 7. The number of hydrogen-bond donors (Lipinski definition) is 2. The Morgan fingerprint density at radius 2 is 1.04 bits per heavy atom. The van der Waals surface area contributed by atoms with Crippen LogP contribution in [0, 0.1) is 12.3 Å². The van der Waals surface area contributed by atoms with Crippen molar-refractivity contribution in [3.05, 3.63) is 246 Å². The highest BCUT2D eigenvalue weighted by atomic mass is 35.5. The number of aryl methyl sites for hydroxylation is 4. The van der Waals surface area contributed by atoms with Gasteiger partial charge in [0.15, 0.2) is 0 Å². The molecule has 0 fully saturated rings. The van der Waals surface area contributed by atoms with E-state index in [0.717, 1.165) is 88.8 Å². The molecule has 0 saturated carbocycles.